The third-order valence-electron chi connectivity index (χ3n) is 3.16. The number of nitrogens with zero attached hydrogens (tertiary/aromatic N) is 1. The summed E-state index contributed by atoms with van der Waals surface area (Å²) in [5.41, 5.74) is 6.68. The number of benzene rings is 1. The lowest BCUT2D eigenvalue weighted by molar-refractivity contribution is 0.116. The highest BCUT2D eigenvalue weighted by Gasteiger charge is 2.19. The van der Waals surface area contributed by atoms with Gasteiger partial charge in [0.1, 0.15) is 11.7 Å². The van der Waals surface area contributed by atoms with Crippen LogP contribution in [0.15, 0.2) is 18.2 Å². The van der Waals surface area contributed by atoms with E-state index in [0.29, 0.717) is 5.56 Å². The van der Waals surface area contributed by atoms with Crippen molar-refractivity contribution >= 4 is 11.5 Å². The smallest absolute Gasteiger partial charge is 0.125 e. The predicted molar refractivity (Wildman–Crippen MR) is 69.7 cm³/mol. The molecule has 0 bridgehead atoms. The molecule has 0 saturated carbocycles. The molecule has 4 nitrogen and oxygen atoms in total. The van der Waals surface area contributed by atoms with E-state index in [-0.39, 0.29) is 17.8 Å². The van der Waals surface area contributed by atoms with Gasteiger partial charge in [0.25, 0.3) is 0 Å². The van der Waals surface area contributed by atoms with E-state index in [9.17, 15) is 4.39 Å². The fourth-order valence-corrected chi connectivity index (χ4v) is 2.25. The molecule has 5 heteroatoms. The van der Waals surface area contributed by atoms with Crippen molar-refractivity contribution in [3.05, 3.63) is 29.6 Å². The fraction of sp³-hybridized carbons (Fsp3) is 0.462. The molecular weight excluding hydrogens is 233 g/mol. The van der Waals surface area contributed by atoms with Crippen LogP contribution in [0.3, 0.4) is 0 Å². The van der Waals surface area contributed by atoms with Gasteiger partial charge in [-0.05, 0) is 31.0 Å². The normalized spacial score (nSPS) is 18.9. The first kappa shape index (κ1) is 12.8. The third kappa shape index (κ3) is 2.79. The molecule has 0 aliphatic carbocycles. The Morgan fingerprint density at radius 2 is 2.39 bits per heavy atom. The highest BCUT2D eigenvalue weighted by molar-refractivity contribution is 6.00. The van der Waals surface area contributed by atoms with Crippen LogP contribution in [0.5, 0.6) is 0 Å². The van der Waals surface area contributed by atoms with E-state index in [4.69, 9.17) is 15.9 Å². The van der Waals surface area contributed by atoms with Crippen molar-refractivity contribution in [2.75, 3.05) is 25.1 Å². The maximum Gasteiger partial charge on any atom is 0.125 e. The second-order valence-corrected chi connectivity index (χ2v) is 4.59. The van der Waals surface area contributed by atoms with Gasteiger partial charge in [0.05, 0.1) is 6.10 Å². The third-order valence-corrected chi connectivity index (χ3v) is 3.16. The van der Waals surface area contributed by atoms with Crippen molar-refractivity contribution in [1.82, 2.24) is 0 Å². The number of halogens is 1. The molecule has 1 aliphatic rings. The molecule has 1 aliphatic heterocycles. The molecule has 3 N–H and O–H groups in total. The van der Waals surface area contributed by atoms with Crippen LogP contribution in [0.4, 0.5) is 10.1 Å². The van der Waals surface area contributed by atoms with Gasteiger partial charge in [0, 0.05) is 31.5 Å². The summed E-state index contributed by atoms with van der Waals surface area (Å²) in [7, 11) is 1.90. The summed E-state index contributed by atoms with van der Waals surface area (Å²) in [5.74, 6) is -0.502. The minimum Gasteiger partial charge on any atom is -0.384 e. The Hall–Kier alpha value is -1.62. The molecule has 0 aromatic heterocycles. The van der Waals surface area contributed by atoms with Crippen LogP contribution in [-0.4, -0.2) is 32.1 Å². The molecule has 0 amide bonds. The van der Waals surface area contributed by atoms with Gasteiger partial charge in [-0.25, -0.2) is 4.39 Å². The summed E-state index contributed by atoms with van der Waals surface area (Å²) in [5, 5.41) is 7.50. The minimum absolute atomic E-state index is 0.122. The molecule has 1 fully saturated rings. The number of likely N-dealkylation sites (N-methyl/N-ethyl adjacent to an activating group) is 1. The Labute approximate surface area is 106 Å². The highest BCUT2D eigenvalue weighted by atomic mass is 19.1. The van der Waals surface area contributed by atoms with E-state index < -0.39 is 0 Å². The van der Waals surface area contributed by atoms with Crippen molar-refractivity contribution in [1.29, 1.82) is 5.41 Å². The topological polar surface area (TPSA) is 62.3 Å². The minimum atomic E-state index is -0.380. The van der Waals surface area contributed by atoms with Crippen molar-refractivity contribution in [2.45, 2.75) is 18.9 Å². The molecular formula is C13H18FN3O. The summed E-state index contributed by atoms with van der Waals surface area (Å²) in [4.78, 5) is 1.96. The lowest BCUT2D eigenvalue weighted by Gasteiger charge is -2.24. The molecule has 2 rings (SSSR count). The standard InChI is InChI=1S/C13H18FN3O/c1-17(8-10-3-2-6-18-10)12-5-4-9(14)7-11(12)13(15)16/h4-5,7,10H,2-3,6,8H2,1H3,(H3,15,16). The second kappa shape index (κ2) is 5.35. The SMILES string of the molecule is CN(CC1CCCO1)c1ccc(F)cc1C(=N)N. The highest BCUT2D eigenvalue weighted by Crippen LogP contribution is 2.22. The molecule has 18 heavy (non-hydrogen) atoms. The maximum atomic E-state index is 13.2. The van der Waals surface area contributed by atoms with E-state index in [1.54, 1.807) is 6.07 Å². The van der Waals surface area contributed by atoms with E-state index >= 15 is 0 Å². The lowest BCUT2D eigenvalue weighted by Crippen LogP contribution is -2.30. The number of amidine groups is 1. The number of anilines is 1. The largest absolute Gasteiger partial charge is 0.384 e. The quantitative estimate of drug-likeness (QED) is 0.632. The van der Waals surface area contributed by atoms with Crippen molar-refractivity contribution < 1.29 is 9.13 Å². The van der Waals surface area contributed by atoms with Crippen molar-refractivity contribution in [3.8, 4) is 0 Å². The summed E-state index contributed by atoms with van der Waals surface area (Å²) in [6.45, 7) is 1.54. The Morgan fingerprint density at radius 3 is 3.00 bits per heavy atom. The Kier molecular flexibility index (Phi) is 3.81. The molecule has 98 valence electrons. The van der Waals surface area contributed by atoms with E-state index in [1.165, 1.54) is 12.1 Å². The molecule has 1 aromatic rings. The van der Waals surface area contributed by atoms with Crippen LogP contribution in [0.25, 0.3) is 0 Å². The van der Waals surface area contributed by atoms with Gasteiger partial charge in [0.2, 0.25) is 0 Å². The maximum absolute atomic E-state index is 13.2. The summed E-state index contributed by atoms with van der Waals surface area (Å²) < 4.78 is 18.7. The zero-order chi connectivity index (χ0) is 13.1. The Balaban J connectivity index is 2.17. The first-order valence-electron chi connectivity index (χ1n) is 6.04. The number of rotatable bonds is 4. The van der Waals surface area contributed by atoms with E-state index in [2.05, 4.69) is 0 Å². The fourth-order valence-electron chi connectivity index (χ4n) is 2.25. The van der Waals surface area contributed by atoms with Crippen LogP contribution in [-0.2, 0) is 4.74 Å². The molecule has 1 atom stereocenters. The Bertz CT molecular complexity index is 444. The number of nitrogens with one attached hydrogen (secondary N) is 1. The van der Waals surface area contributed by atoms with Crippen LogP contribution in [0, 0.1) is 11.2 Å². The summed E-state index contributed by atoms with van der Waals surface area (Å²) in [6, 6.07) is 4.33. The average Bonchev–Trinajstić information content (AvgIpc) is 2.81. The second-order valence-electron chi connectivity index (χ2n) is 4.59. The van der Waals surface area contributed by atoms with Crippen LogP contribution < -0.4 is 10.6 Å². The Morgan fingerprint density at radius 1 is 1.61 bits per heavy atom. The lowest BCUT2D eigenvalue weighted by atomic mass is 10.1. The van der Waals surface area contributed by atoms with E-state index in [1.807, 2.05) is 11.9 Å². The molecule has 1 saturated heterocycles. The van der Waals surface area contributed by atoms with Crippen LogP contribution >= 0.6 is 0 Å². The van der Waals surface area contributed by atoms with Crippen LogP contribution in [0.1, 0.15) is 18.4 Å². The molecule has 1 aromatic carbocycles. The van der Waals surface area contributed by atoms with Gasteiger partial charge in [-0.15, -0.1) is 0 Å². The number of hydrogen-bond acceptors (Lipinski definition) is 3. The summed E-state index contributed by atoms with van der Waals surface area (Å²) >= 11 is 0. The first-order valence-corrected chi connectivity index (χ1v) is 6.04. The molecule has 1 heterocycles. The number of nitrogens with two attached hydrogens (primary N) is 1. The van der Waals surface area contributed by atoms with Crippen molar-refractivity contribution in [2.24, 2.45) is 5.73 Å². The monoisotopic (exact) mass is 251 g/mol. The van der Waals surface area contributed by atoms with Gasteiger partial charge < -0.3 is 15.4 Å². The molecule has 1 unspecified atom stereocenters. The van der Waals surface area contributed by atoms with Crippen LogP contribution in [0.2, 0.25) is 0 Å². The molecule has 0 radical (unpaired) electrons. The van der Waals surface area contributed by atoms with Gasteiger partial charge in [-0.3, -0.25) is 5.41 Å². The summed E-state index contributed by atoms with van der Waals surface area (Å²) in [6.07, 6.45) is 2.34. The number of nitrogen functional groups attached to an aromatic ring is 1. The first-order chi connectivity index (χ1) is 8.58. The van der Waals surface area contributed by atoms with E-state index in [0.717, 1.165) is 31.7 Å². The van der Waals surface area contributed by atoms with Gasteiger partial charge >= 0.3 is 0 Å². The zero-order valence-electron chi connectivity index (χ0n) is 10.4. The van der Waals surface area contributed by atoms with Gasteiger partial charge in [0.15, 0.2) is 0 Å². The van der Waals surface area contributed by atoms with Gasteiger partial charge in [-0.2, -0.15) is 0 Å². The molecule has 0 spiro atoms. The van der Waals surface area contributed by atoms with Crippen molar-refractivity contribution in [3.63, 3.8) is 0 Å². The predicted octanol–water partition coefficient (Wildman–Crippen LogP) is 1.72. The average molecular weight is 251 g/mol. The number of ether oxygens (including phenoxy) is 1. The number of hydrogen-bond donors (Lipinski definition) is 2. The zero-order valence-corrected chi connectivity index (χ0v) is 10.4. The van der Waals surface area contributed by atoms with Gasteiger partial charge in [-0.1, -0.05) is 0 Å².